The maximum absolute atomic E-state index is 12.9. The van der Waals surface area contributed by atoms with Crippen LogP contribution in [0.2, 0.25) is 0 Å². The van der Waals surface area contributed by atoms with E-state index in [-0.39, 0.29) is 11.4 Å². The third-order valence-electron chi connectivity index (χ3n) is 6.25. The molecule has 0 aliphatic carbocycles. The highest BCUT2D eigenvalue weighted by molar-refractivity contribution is 8.26. The molecule has 1 N–H and O–H groups in total. The lowest BCUT2D eigenvalue weighted by atomic mass is 10.1. The first-order chi connectivity index (χ1) is 16.5. The molecule has 4 heterocycles. The van der Waals surface area contributed by atoms with Crippen molar-refractivity contribution in [3.63, 3.8) is 0 Å². The fourth-order valence-electron chi connectivity index (χ4n) is 4.54. The summed E-state index contributed by atoms with van der Waals surface area (Å²) >= 11 is 1.38. The predicted octanol–water partition coefficient (Wildman–Crippen LogP) is 4.56. The molecule has 8 nitrogen and oxygen atoms in total. The molecule has 1 aromatic carbocycles. The molecule has 1 aromatic heterocycles. The number of ether oxygens (including phenoxy) is 1. The van der Waals surface area contributed by atoms with Gasteiger partial charge in [0, 0.05) is 30.2 Å². The van der Waals surface area contributed by atoms with Gasteiger partial charge in [-0.25, -0.2) is 0 Å². The number of piperidine rings is 1. The number of amidine groups is 3. The first kappa shape index (κ1) is 22.5. The second kappa shape index (κ2) is 9.13. The quantitative estimate of drug-likeness (QED) is 0.654. The van der Waals surface area contributed by atoms with Crippen LogP contribution in [0.5, 0.6) is 5.75 Å². The van der Waals surface area contributed by atoms with Gasteiger partial charge in [0.2, 0.25) is 5.17 Å². The summed E-state index contributed by atoms with van der Waals surface area (Å²) in [7, 11) is 0. The second-order valence-corrected chi connectivity index (χ2v) is 9.47. The Kier molecular flexibility index (Phi) is 6.03. The molecule has 1 amide bonds. The van der Waals surface area contributed by atoms with Gasteiger partial charge in [0.25, 0.3) is 5.91 Å². The van der Waals surface area contributed by atoms with Crippen LogP contribution in [0.4, 0.5) is 0 Å². The first-order valence-electron chi connectivity index (χ1n) is 11.6. The zero-order valence-electron chi connectivity index (χ0n) is 19.7. The SMILES string of the molecule is CCOc1ccc(-n2c(C)cc(/C=C3/C(=N)N4N=C(N5CCCCC5)SC4=NC3=O)c2C)cc1. The summed E-state index contributed by atoms with van der Waals surface area (Å²) < 4.78 is 7.69. The van der Waals surface area contributed by atoms with Crippen molar-refractivity contribution < 1.29 is 9.53 Å². The standard InChI is InChI=1S/C25H28N6O2S/c1-4-33-20-10-8-19(9-11-20)30-16(2)14-18(17(30)3)15-21-22(26)31-24(27-23(21)32)34-25(28-31)29-12-6-5-7-13-29/h8-11,14-15,26H,4-7,12-13H2,1-3H3/b21-15-,26-22?. The van der Waals surface area contributed by atoms with Crippen molar-refractivity contribution >= 4 is 39.9 Å². The summed E-state index contributed by atoms with van der Waals surface area (Å²) in [6.07, 6.45) is 5.27. The molecule has 2 aromatic rings. The van der Waals surface area contributed by atoms with Crippen LogP contribution in [0.25, 0.3) is 11.8 Å². The highest BCUT2D eigenvalue weighted by atomic mass is 32.2. The number of nitrogens with one attached hydrogen (secondary N) is 1. The van der Waals surface area contributed by atoms with E-state index in [0.717, 1.165) is 59.5 Å². The number of hydrogen-bond donors (Lipinski definition) is 1. The van der Waals surface area contributed by atoms with Crippen LogP contribution in [-0.2, 0) is 4.79 Å². The molecular formula is C25H28N6O2S. The number of aryl methyl sites for hydroxylation is 1. The monoisotopic (exact) mass is 476 g/mol. The van der Waals surface area contributed by atoms with Gasteiger partial charge in [-0.05, 0) is 93.8 Å². The molecule has 0 atom stereocenters. The topological polar surface area (TPSA) is 86.3 Å². The van der Waals surface area contributed by atoms with Crippen LogP contribution in [-0.4, -0.2) is 56.3 Å². The van der Waals surface area contributed by atoms with E-state index in [1.54, 1.807) is 6.08 Å². The number of rotatable bonds is 4. The molecule has 0 radical (unpaired) electrons. The number of thioether (sulfide) groups is 1. The molecular weight excluding hydrogens is 448 g/mol. The predicted molar refractivity (Wildman–Crippen MR) is 137 cm³/mol. The molecule has 34 heavy (non-hydrogen) atoms. The average molecular weight is 477 g/mol. The summed E-state index contributed by atoms with van der Waals surface area (Å²) in [5.74, 6) is 0.504. The Morgan fingerprint density at radius 3 is 2.56 bits per heavy atom. The number of carbonyl (C=O) groups excluding carboxylic acids is 1. The van der Waals surface area contributed by atoms with Gasteiger partial charge in [-0.15, -0.1) is 5.10 Å². The average Bonchev–Trinajstić information content (AvgIpc) is 3.38. The van der Waals surface area contributed by atoms with Crippen LogP contribution in [0, 0.1) is 19.3 Å². The van der Waals surface area contributed by atoms with Gasteiger partial charge >= 0.3 is 0 Å². The molecule has 0 spiro atoms. The fraction of sp³-hybridized carbons (Fsp3) is 0.360. The number of hydrogen-bond acceptors (Lipinski definition) is 6. The lowest BCUT2D eigenvalue weighted by Gasteiger charge is -2.26. The Morgan fingerprint density at radius 1 is 1.12 bits per heavy atom. The Morgan fingerprint density at radius 2 is 1.85 bits per heavy atom. The van der Waals surface area contributed by atoms with Crippen LogP contribution >= 0.6 is 11.8 Å². The molecule has 0 bridgehead atoms. The fourth-order valence-corrected chi connectivity index (χ4v) is 5.48. The van der Waals surface area contributed by atoms with Gasteiger partial charge in [-0.2, -0.15) is 10.0 Å². The number of fused-ring (bicyclic) bond motifs is 1. The number of hydrazone groups is 1. The van der Waals surface area contributed by atoms with Crippen molar-refractivity contribution in [3.05, 3.63) is 52.9 Å². The summed E-state index contributed by atoms with van der Waals surface area (Å²) in [5, 5.41) is 16.1. The third-order valence-corrected chi connectivity index (χ3v) is 7.22. The maximum Gasteiger partial charge on any atom is 0.283 e. The summed E-state index contributed by atoms with van der Waals surface area (Å²) in [5.41, 5.74) is 4.16. The minimum Gasteiger partial charge on any atom is -0.494 e. The van der Waals surface area contributed by atoms with Gasteiger partial charge in [-0.3, -0.25) is 10.2 Å². The van der Waals surface area contributed by atoms with Gasteiger partial charge in [-0.1, -0.05) is 0 Å². The maximum atomic E-state index is 12.9. The highest BCUT2D eigenvalue weighted by Gasteiger charge is 2.37. The number of aliphatic imine (C=N–C) groups is 1. The minimum atomic E-state index is -0.398. The van der Waals surface area contributed by atoms with E-state index in [2.05, 4.69) is 19.6 Å². The largest absolute Gasteiger partial charge is 0.494 e. The second-order valence-electron chi connectivity index (χ2n) is 8.54. The van der Waals surface area contributed by atoms with Crippen molar-refractivity contribution in [1.82, 2.24) is 14.5 Å². The van der Waals surface area contributed by atoms with Gasteiger partial charge in [0.05, 0.1) is 12.2 Å². The van der Waals surface area contributed by atoms with E-state index in [4.69, 9.17) is 10.1 Å². The van der Waals surface area contributed by atoms with Crippen LogP contribution in [0.3, 0.4) is 0 Å². The van der Waals surface area contributed by atoms with Crippen molar-refractivity contribution in [2.75, 3.05) is 19.7 Å². The Bertz CT molecular complexity index is 1230. The number of likely N-dealkylation sites (tertiary alicyclic amines) is 1. The van der Waals surface area contributed by atoms with Crippen LogP contribution < -0.4 is 4.74 Å². The molecule has 1 fully saturated rings. The number of carbonyl (C=O) groups is 1. The normalized spacial score (nSPS) is 19.4. The molecule has 3 aliphatic rings. The van der Waals surface area contributed by atoms with E-state index in [9.17, 15) is 4.79 Å². The van der Waals surface area contributed by atoms with Crippen molar-refractivity contribution in [3.8, 4) is 11.4 Å². The van der Waals surface area contributed by atoms with Crippen molar-refractivity contribution in [1.29, 1.82) is 5.41 Å². The Balaban J connectivity index is 1.44. The smallest absolute Gasteiger partial charge is 0.283 e. The molecule has 5 rings (SSSR count). The number of nitrogens with zero attached hydrogens (tertiary/aromatic N) is 5. The van der Waals surface area contributed by atoms with Crippen LogP contribution in [0.1, 0.15) is 43.1 Å². The van der Waals surface area contributed by atoms with E-state index >= 15 is 0 Å². The highest BCUT2D eigenvalue weighted by Crippen LogP contribution is 2.31. The summed E-state index contributed by atoms with van der Waals surface area (Å²) in [6, 6.07) is 9.97. The van der Waals surface area contributed by atoms with Crippen molar-refractivity contribution in [2.45, 2.75) is 40.0 Å². The lowest BCUT2D eigenvalue weighted by Crippen LogP contribution is -2.35. The Labute approximate surface area is 203 Å². The summed E-state index contributed by atoms with van der Waals surface area (Å²) in [6.45, 7) is 8.54. The third kappa shape index (κ3) is 4.04. The van der Waals surface area contributed by atoms with Gasteiger partial charge in [0.1, 0.15) is 5.75 Å². The molecule has 0 unspecified atom stereocenters. The summed E-state index contributed by atoms with van der Waals surface area (Å²) in [4.78, 5) is 19.4. The minimum absolute atomic E-state index is 0.0698. The van der Waals surface area contributed by atoms with Gasteiger partial charge < -0.3 is 14.2 Å². The Hall–Kier alpha value is -3.33. The molecule has 0 saturated carbocycles. The van der Waals surface area contributed by atoms with Crippen molar-refractivity contribution in [2.24, 2.45) is 10.1 Å². The molecule has 176 valence electrons. The molecule has 9 heteroatoms. The number of aromatic nitrogens is 1. The van der Waals surface area contributed by atoms with E-state index in [0.29, 0.717) is 11.8 Å². The lowest BCUT2D eigenvalue weighted by molar-refractivity contribution is -0.114. The van der Waals surface area contributed by atoms with Crippen LogP contribution in [0.15, 0.2) is 46.0 Å². The van der Waals surface area contributed by atoms with Gasteiger partial charge in [0.15, 0.2) is 11.0 Å². The zero-order valence-corrected chi connectivity index (χ0v) is 20.5. The van der Waals surface area contributed by atoms with E-state index in [1.165, 1.54) is 23.2 Å². The zero-order chi connectivity index (χ0) is 23.8. The first-order valence-corrected chi connectivity index (χ1v) is 12.4. The van der Waals surface area contributed by atoms with E-state index < -0.39 is 5.91 Å². The van der Waals surface area contributed by atoms with E-state index in [1.807, 2.05) is 51.1 Å². The number of benzene rings is 1. The molecule has 3 aliphatic heterocycles. The molecule has 1 saturated heterocycles. The number of amides is 1.